The number of rotatable bonds is 9. The van der Waals surface area contributed by atoms with Crippen molar-refractivity contribution < 1.29 is 32.2 Å². The van der Waals surface area contributed by atoms with Crippen molar-refractivity contribution in [2.24, 2.45) is 13.0 Å². The maximum atomic E-state index is 13.5. The Hall–Kier alpha value is -3.77. The lowest BCUT2D eigenvalue weighted by Gasteiger charge is -2.15. The Labute approximate surface area is 201 Å². The van der Waals surface area contributed by atoms with Crippen LogP contribution in [0, 0.1) is 18.7 Å². The molecule has 0 aliphatic carbocycles. The van der Waals surface area contributed by atoms with E-state index >= 15 is 0 Å². The summed E-state index contributed by atoms with van der Waals surface area (Å²) in [7, 11) is -2.63. The molecule has 0 radical (unpaired) electrons. The van der Waals surface area contributed by atoms with Gasteiger partial charge in [-0.2, -0.15) is 5.10 Å². The van der Waals surface area contributed by atoms with Crippen molar-refractivity contribution in [2.75, 3.05) is 11.9 Å². The molecular weight excluding hydrogens is 479 g/mol. The number of hydrogen-bond donors (Lipinski definition) is 3. The number of carboxylic acid groups (broad SMARTS) is 1. The molecule has 0 atom stereocenters. The lowest BCUT2D eigenvalue weighted by Crippen LogP contribution is -2.28. The van der Waals surface area contributed by atoms with Crippen LogP contribution < -0.4 is 14.8 Å². The van der Waals surface area contributed by atoms with Gasteiger partial charge in [-0.1, -0.05) is 13.8 Å². The van der Waals surface area contributed by atoms with Crippen LogP contribution >= 0.6 is 0 Å². The predicted octanol–water partition coefficient (Wildman–Crippen LogP) is 3.54. The first-order valence-corrected chi connectivity index (χ1v) is 12.0. The van der Waals surface area contributed by atoms with Gasteiger partial charge in [-0.15, -0.1) is 0 Å². The Kier molecular flexibility index (Phi) is 7.56. The van der Waals surface area contributed by atoms with Crippen molar-refractivity contribution in [2.45, 2.75) is 25.7 Å². The van der Waals surface area contributed by atoms with Crippen molar-refractivity contribution in [3.8, 4) is 11.6 Å². The molecule has 35 heavy (non-hydrogen) atoms. The van der Waals surface area contributed by atoms with E-state index in [1.54, 1.807) is 0 Å². The summed E-state index contributed by atoms with van der Waals surface area (Å²) in [4.78, 5) is 23.6. The van der Waals surface area contributed by atoms with Crippen LogP contribution in [0.5, 0.6) is 11.6 Å². The minimum Gasteiger partial charge on any atom is -0.476 e. The first-order chi connectivity index (χ1) is 16.4. The van der Waals surface area contributed by atoms with Crippen molar-refractivity contribution >= 4 is 27.6 Å². The maximum absolute atomic E-state index is 13.5. The molecule has 0 bridgehead atoms. The van der Waals surface area contributed by atoms with Gasteiger partial charge in [0.05, 0.1) is 0 Å². The fourth-order valence-corrected chi connectivity index (χ4v) is 4.35. The molecule has 0 fully saturated rings. The number of hydrogen-bond acceptors (Lipinski definition) is 6. The molecule has 1 heterocycles. The molecule has 0 saturated carbocycles. The third-order valence-electron chi connectivity index (χ3n) is 4.86. The third-order valence-corrected chi connectivity index (χ3v) is 6.31. The van der Waals surface area contributed by atoms with E-state index in [4.69, 9.17) is 9.84 Å². The maximum Gasteiger partial charge on any atom is 0.356 e. The van der Waals surface area contributed by atoms with E-state index in [0.29, 0.717) is 5.56 Å². The molecule has 10 nitrogen and oxygen atoms in total. The number of ether oxygens (including phenoxy) is 1. The molecule has 0 aliphatic rings. The van der Waals surface area contributed by atoms with Crippen molar-refractivity contribution in [3.63, 3.8) is 0 Å². The summed E-state index contributed by atoms with van der Waals surface area (Å²) >= 11 is 0. The lowest BCUT2D eigenvalue weighted by atomic mass is 10.1. The van der Waals surface area contributed by atoms with Gasteiger partial charge >= 0.3 is 5.97 Å². The highest BCUT2D eigenvalue weighted by atomic mass is 32.2. The molecule has 1 aromatic heterocycles. The summed E-state index contributed by atoms with van der Waals surface area (Å²) in [6.45, 7) is 5.36. The van der Waals surface area contributed by atoms with Crippen LogP contribution in [0.3, 0.4) is 0 Å². The van der Waals surface area contributed by atoms with Gasteiger partial charge in [0.15, 0.2) is 5.69 Å². The highest BCUT2D eigenvalue weighted by Gasteiger charge is 2.23. The number of carboxylic acids is 1. The number of aryl methyl sites for hydroxylation is 2. The zero-order chi connectivity index (χ0) is 25.9. The molecule has 0 aliphatic heterocycles. The summed E-state index contributed by atoms with van der Waals surface area (Å²) in [5.74, 6) is -2.35. The van der Waals surface area contributed by atoms with Crippen LogP contribution in [0.25, 0.3) is 0 Å². The largest absolute Gasteiger partial charge is 0.476 e. The van der Waals surface area contributed by atoms with E-state index in [-0.39, 0.29) is 45.9 Å². The molecule has 3 N–H and O–H groups in total. The standard InChI is InChI=1S/C23H25FN4O6S/c1-13(2)12-25-35(32,33)20-10-16(26-22(29)15-5-7-17(24)14(3)9-15)6-8-19(20)34-21-11-18(23(30)31)27-28(21)4/h5-11,13,25H,12H2,1-4H3,(H,26,29)(H,30,31). The molecule has 12 heteroatoms. The van der Waals surface area contributed by atoms with Crippen molar-refractivity contribution in [3.05, 3.63) is 65.1 Å². The van der Waals surface area contributed by atoms with Crippen molar-refractivity contribution in [1.82, 2.24) is 14.5 Å². The minimum atomic E-state index is -4.09. The Morgan fingerprint density at radius 1 is 1.17 bits per heavy atom. The number of carbonyl (C=O) groups is 2. The van der Waals surface area contributed by atoms with Crippen LogP contribution in [-0.2, 0) is 17.1 Å². The number of halogens is 1. The number of benzene rings is 2. The van der Waals surface area contributed by atoms with E-state index in [1.807, 2.05) is 13.8 Å². The fraction of sp³-hybridized carbons (Fsp3) is 0.261. The second-order valence-corrected chi connectivity index (χ2v) is 9.96. The third kappa shape index (κ3) is 6.22. The Balaban J connectivity index is 1.98. The SMILES string of the molecule is Cc1cc(C(=O)Nc2ccc(Oc3cc(C(=O)O)nn3C)c(S(=O)(=O)NCC(C)C)c2)ccc1F. The fourth-order valence-electron chi connectivity index (χ4n) is 2.99. The van der Waals surface area contributed by atoms with Gasteiger partial charge in [-0.05, 0) is 54.8 Å². The summed E-state index contributed by atoms with van der Waals surface area (Å²) in [6.07, 6.45) is 0. The van der Waals surface area contributed by atoms with E-state index < -0.39 is 27.7 Å². The van der Waals surface area contributed by atoms with Crippen LogP contribution in [0.4, 0.5) is 10.1 Å². The highest BCUT2D eigenvalue weighted by molar-refractivity contribution is 7.89. The smallest absolute Gasteiger partial charge is 0.356 e. The van der Waals surface area contributed by atoms with E-state index in [0.717, 1.165) is 10.7 Å². The summed E-state index contributed by atoms with van der Waals surface area (Å²) < 4.78 is 49.0. The molecule has 186 valence electrons. The number of carbonyl (C=O) groups excluding carboxylic acids is 1. The number of aromatic nitrogens is 2. The molecule has 0 saturated heterocycles. The number of amides is 1. The van der Waals surface area contributed by atoms with Gasteiger partial charge in [0.1, 0.15) is 16.5 Å². The molecule has 1 amide bonds. The average Bonchev–Trinajstić information content (AvgIpc) is 3.15. The van der Waals surface area contributed by atoms with Gasteiger partial charge in [0, 0.05) is 30.9 Å². The number of nitrogens with zero attached hydrogens (tertiary/aromatic N) is 2. The molecule has 2 aromatic carbocycles. The van der Waals surface area contributed by atoms with Gasteiger partial charge in [0.25, 0.3) is 5.91 Å². The van der Waals surface area contributed by atoms with Crippen LogP contribution in [-0.4, -0.2) is 41.7 Å². The lowest BCUT2D eigenvalue weighted by molar-refractivity contribution is 0.0689. The molecule has 0 unspecified atom stereocenters. The Morgan fingerprint density at radius 2 is 1.89 bits per heavy atom. The van der Waals surface area contributed by atoms with E-state index in [2.05, 4.69) is 15.1 Å². The van der Waals surface area contributed by atoms with Crippen LogP contribution in [0.15, 0.2) is 47.4 Å². The molecule has 3 rings (SSSR count). The van der Waals surface area contributed by atoms with E-state index in [1.165, 1.54) is 50.4 Å². The number of aromatic carboxylic acids is 1. The Morgan fingerprint density at radius 3 is 2.49 bits per heavy atom. The number of anilines is 1. The quantitative estimate of drug-likeness (QED) is 0.405. The second kappa shape index (κ2) is 10.2. The zero-order valence-electron chi connectivity index (χ0n) is 19.5. The normalized spacial score (nSPS) is 11.5. The minimum absolute atomic E-state index is 0.00119. The molecule has 0 spiro atoms. The first kappa shape index (κ1) is 25.8. The average molecular weight is 505 g/mol. The zero-order valence-corrected chi connectivity index (χ0v) is 20.3. The van der Waals surface area contributed by atoms with Gasteiger partial charge < -0.3 is 15.2 Å². The summed E-state index contributed by atoms with van der Waals surface area (Å²) in [5, 5.41) is 15.5. The first-order valence-electron chi connectivity index (χ1n) is 10.5. The highest BCUT2D eigenvalue weighted by Crippen LogP contribution is 2.32. The monoisotopic (exact) mass is 504 g/mol. The van der Waals surface area contributed by atoms with Crippen LogP contribution in [0.1, 0.15) is 40.3 Å². The van der Waals surface area contributed by atoms with Crippen molar-refractivity contribution in [1.29, 1.82) is 0 Å². The summed E-state index contributed by atoms with van der Waals surface area (Å²) in [5.41, 5.74) is 0.371. The molecular formula is C23H25FN4O6S. The topological polar surface area (TPSA) is 140 Å². The van der Waals surface area contributed by atoms with Crippen LogP contribution in [0.2, 0.25) is 0 Å². The predicted molar refractivity (Wildman–Crippen MR) is 126 cm³/mol. The molecule has 3 aromatic rings. The van der Waals surface area contributed by atoms with Gasteiger partial charge in [-0.25, -0.2) is 27.0 Å². The summed E-state index contributed by atoms with van der Waals surface area (Å²) in [6, 6.07) is 9.02. The number of sulfonamides is 1. The van der Waals surface area contributed by atoms with Gasteiger partial charge in [0.2, 0.25) is 15.9 Å². The number of nitrogens with one attached hydrogen (secondary N) is 2. The van der Waals surface area contributed by atoms with Gasteiger partial charge in [-0.3, -0.25) is 4.79 Å². The Bertz CT molecular complexity index is 1380. The van der Waals surface area contributed by atoms with E-state index in [9.17, 15) is 22.4 Å². The second-order valence-electron chi connectivity index (χ2n) is 8.22.